The summed E-state index contributed by atoms with van der Waals surface area (Å²) in [6.07, 6.45) is 2.88. The molecule has 1 aromatic carbocycles. The maximum Gasteiger partial charge on any atom is 0.0603 e. The summed E-state index contributed by atoms with van der Waals surface area (Å²) in [5, 5.41) is 3.55. The van der Waals surface area contributed by atoms with Crippen LogP contribution in [0.1, 0.15) is 30.6 Å². The van der Waals surface area contributed by atoms with E-state index >= 15 is 0 Å². The van der Waals surface area contributed by atoms with Crippen molar-refractivity contribution in [2.24, 2.45) is 0 Å². The molecule has 88 valence electrons. The molecule has 1 heterocycles. The molecule has 0 aliphatic rings. The van der Waals surface area contributed by atoms with Gasteiger partial charge < -0.3 is 5.32 Å². The highest BCUT2D eigenvalue weighted by atomic mass is 14.9. The molecule has 1 aromatic heterocycles. The van der Waals surface area contributed by atoms with E-state index in [0.29, 0.717) is 6.04 Å². The second-order valence-electron chi connectivity index (χ2n) is 4.15. The van der Waals surface area contributed by atoms with Gasteiger partial charge in [0.15, 0.2) is 0 Å². The van der Waals surface area contributed by atoms with Gasteiger partial charge in [0, 0.05) is 6.20 Å². The standard InChI is InChI=1S/C15H18N2/c1-3-14(13-8-5-4-6-9-13)17-15-10-7-11-16-12(15)2/h4-11,14,17H,3H2,1-2H3. The number of nitrogens with one attached hydrogen (secondary N) is 1. The number of benzene rings is 1. The van der Waals surface area contributed by atoms with E-state index < -0.39 is 0 Å². The lowest BCUT2D eigenvalue weighted by Gasteiger charge is -2.19. The van der Waals surface area contributed by atoms with Crippen molar-refractivity contribution in [3.8, 4) is 0 Å². The molecule has 0 saturated carbocycles. The molecular weight excluding hydrogens is 208 g/mol. The molecule has 2 nitrogen and oxygen atoms in total. The van der Waals surface area contributed by atoms with Crippen LogP contribution >= 0.6 is 0 Å². The van der Waals surface area contributed by atoms with Gasteiger partial charge in [-0.25, -0.2) is 0 Å². The van der Waals surface area contributed by atoms with E-state index in [2.05, 4.69) is 47.6 Å². The van der Waals surface area contributed by atoms with Crippen LogP contribution in [0.15, 0.2) is 48.7 Å². The highest BCUT2D eigenvalue weighted by Crippen LogP contribution is 2.23. The van der Waals surface area contributed by atoms with Gasteiger partial charge in [0.05, 0.1) is 17.4 Å². The first-order valence-corrected chi connectivity index (χ1v) is 6.04. The van der Waals surface area contributed by atoms with Gasteiger partial charge in [-0.2, -0.15) is 0 Å². The molecule has 0 fully saturated rings. The number of aryl methyl sites for hydroxylation is 1. The number of aromatic nitrogens is 1. The molecule has 0 bridgehead atoms. The largest absolute Gasteiger partial charge is 0.377 e. The number of pyridine rings is 1. The Morgan fingerprint density at radius 2 is 1.88 bits per heavy atom. The molecule has 0 amide bonds. The molecular formula is C15H18N2. The number of rotatable bonds is 4. The van der Waals surface area contributed by atoms with Crippen molar-refractivity contribution in [2.45, 2.75) is 26.3 Å². The first kappa shape index (κ1) is 11.6. The van der Waals surface area contributed by atoms with Gasteiger partial charge in [0.1, 0.15) is 0 Å². The predicted molar refractivity (Wildman–Crippen MR) is 72.1 cm³/mol. The Kier molecular flexibility index (Phi) is 3.76. The number of nitrogens with zero attached hydrogens (tertiary/aromatic N) is 1. The summed E-state index contributed by atoms with van der Waals surface area (Å²) >= 11 is 0. The number of hydrogen-bond donors (Lipinski definition) is 1. The van der Waals surface area contributed by atoms with Crippen LogP contribution in [-0.4, -0.2) is 4.98 Å². The van der Waals surface area contributed by atoms with Gasteiger partial charge in [0.2, 0.25) is 0 Å². The zero-order valence-electron chi connectivity index (χ0n) is 10.4. The average molecular weight is 226 g/mol. The summed E-state index contributed by atoms with van der Waals surface area (Å²) in [4.78, 5) is 4.30. The fourth-order valence-electron chi connectivity index (χ4n) is 1.93. The van der Waals surface area contributed by atoms with E-state index in [-0.39, 0.29) is 0 Å². The zero-order valence-corrected chi connectivity index (χ0v) is 10.4. The fraction of sp³-hybridized carbons (Fsp3) is 0.267. The number of anilines is 1. The van der Waals surface area contributed by atoms with Gasteiger partial charge >= 0.3 is 0 Å². The topological polar surface area (TPSA) is 24.9 Å². The van der Waals surface area contributed by atoms with Gasteiger partial charge in [0.25, 0.3) is 0 Å². The Bertz CT molecular complexity index is 465. The predicted octanol–water partition coefficient (Wildman–Crippen LogP) is 3.95. The first-order valence-electron chi connectivity index (χ1n) is 6.04. The Morgan fingerprint density at radius 1 is 1.12 bits per heavy atom. The van der Waals surface area contributed by atoms with E-state index in [1.165, 1.54) is 5.56 Å². The second kappa shape index (κ2) is 5.48. The minimum atomic E-state index is 0.346. The van der Waals surface area contributed by atoms with E-state index in [1.807, 2.05) is 25.3 Å². The molecule has 17 heavy (non-hydrogen) atoms. The third-order valence-electron chi connectivity index (χ3n) is 2.95. The van der Waals surface area contributed by atoms with E-state index in [1.54, 1.807) is 0 Å². The van der Waals surface area contributed by atoms with Gasteiger partial charge in [-0.15, -0.1) is 0 Å². The van der Waals surface area contributed by atoms with E-state index in [9.17, 15) is 0 Å². The maximum atomic E-state index is 4.30. The zero-order chi connectivity index (χ0) is 12.1. The maximum absolute atomic E-state index is 4.30. The Balaban J connectivity index is 2.19. The van der Waals surface area contributed by atoms with Crippen LogP contribution in [0.2, 0.25) is 0 Å². The lowest BCUT2D eigenvalue weighted by Crippen LogP contribution is -2.10. The molecule has 2 heteroatoms. The van der Waals surface area contributed by atoms with Crippen molar-refractivity contribution in [1.82, 2.24) is 4.98 Å². The fourth-order valence-corrected chi connectivity index (χ4v) is 1.93. The summed E-state index contributed by atoms with van der Waals surface area (Å²) in [5.41, 5.74) is 3.48. The first-order chi connectivity index (χ1) is 8.31. The van der Waals surface area contributed by atoms with Crippen LogP contribution in [0.4, 0.5) is 5.69 Å². The van der Waals surface area contributed by atoms with Crippen molar-refractivity contribution >= 4 is 5.69 Å². The molecule has 0 aliphatic heterocycles. The Hall–Kier alpha value is -1.83. The van der Waals surface area contributed by atoms with Crippen LogP contribution in [0.25, 0.3) is 0 Å². The lowest BCUT2D eigenvalue weighted by atomic mass is 10.0. The Labute approximate surface area is 103 Å². The lowest BCUT2D eigenvalue weighted by molar-refractivity contribution is 0.747. The van der Waals surface area contributed by atoms with Crippen molar-refractivity contribution in [3.05, 3.63) is 59.9 Å². The van der Waals surface area contributed by atoms with E-state index in [4.69, 9.17) is 0 Å². The molecule has 0 saturated heterocycles. The van der Waals surface area contributed by atoms with Crippen LogP contribution in [0, 0.1) is 6.92 Å². The second-order valence-corrected chi connectivity index (χ2v) is 4.15. The highest BCUT2D eigenvalue weighted by Gasteiger charge is 2.09. The highest BCUT2D eigenvalue weighted by molar-refractivity contribution is 5.48. The minimum absolute atomic E-state index is 0.346. The smallest absolute Gasteiger partial charge is 0.0603 e. The molecule has 2 rings (SSSR count). The van der Waals surface area contributed by atoms with Crippen molar-refractivity contribution in [1.29, 1.82) is 0 Å². The van der Waals surface area contributed by atoms with Crippen molar-refractivity contribution < 1.29 is 0 Å². The summed E-state index contributed by atoms with van der Waals surface area (Å²) in [6, 6.07) is 14.9. The molecule has 2 aromatic rings. The molecule has 0 aliphatic carbocycles. The normalized spacial score (nSPS) is 12.1. The SMILES string of the molecule is CCC(Nc1cccnc1C)c1ccccc1. The van der Waals surface area contributed by atoms with Gasteiger partial charge in [-0.3, -0.25) is 4.98 Å². The molecule has 0 spiro atoms. The third-order valence-corrected chi connectivity index (χ3v) is 2.95. The molecule has 1 N–H and O–H groups in total. The van der Waals surface area contributed by atoms with Crippen LogP contribution < -0.4 is 5.32 Å². The van der Waals surface area contributed by atoms with Crippen LogP contribution in [0.5, 0.6) is 0 Å². The monoisotopic (exact) mass is 226 g/mol. The van der Waals surface area contributed by atoms with Gasteiger partial charge in [-0.1, -0.05) is 37.3 Å². The molecule has 0 radical (unpaired) electrons. The summed E-state index contributed by atoms with van der Waals surface area (Å²) in [7, 11) is 0. The quantitative estimate of drug-likeness (QED) is 0.853. The Morgan fingerprint density at radius 3 is 2.53 bits per heavy atom. The minimum Gasteiger partial charge on any atom is -0.377 e. The van der Waals surface area contributed by atoms with Crippen LogP contribution in [-0.2, 0) is 0 Å². The summed E-state index contributed by atoms with van der Waals surface area (Å²) in [6.45, 7) is 4.22. The summed E-state index contributed by atoms with van der Waals surface area (Å²) < 4.78 is 0. The van der Waals surface area contributed by atoms with Crippen molar-refractivity contribution in [3.63, 3.8) is 0 Å². The molecule has 1 unspecified atom stereocenters. The third kappa shape index (κ3) is 2.84. The summed E-state index contributed by atoms with van der Waals surface area (Å²) in [5.74, 6) is 0. The number of hydrogen-bond acceptors (Lipinski definition) is 2. The van der Waals surface area contributed by atoms with E-state index in [0.717, 1.165) is 17.8 Å². The average Bonchev–Trinajstić information content (AvgIpc) is 2.39. The molecule has 1 atom stereocenters. The van der Waals surface area contributed by atoms with Crippen LogP contribution in [0.3, 0.4) is 0 Å². The van der Waals surface area contributed by atoms with Crippen molar-refractivity contribution in [2.75, 3.05) is 5.32 Å². The van der Waals surface area contributed by atoms with Gasteiger partial charge in [-0.05, 0) is 31.0 Å².